The predicted molar refractivity (Wildman–Crippen MR) is 69.6 cm³/mol. The zero-order valence-corrected chi connectivity index (χ0v) is 10.8. The van der Waals surface area contributed by atoms with Crippen LogP contribution >= 0.6 is 39.1 Å². The second-order valence-electron chi connectivity index (χ2n) is 3.13. The smallest absolute Gasteiger partial charge is 0.0417 e. The fourth-order valence-corrected chi connectivity index (χ4v) is 2.48. The monoisotopic (exact) mass is 300 g/mol. The van der Waals surface area contributed by atoms with Crippen LogP contribution in [0.5, 0.6) is 0 Å². The maximum absolute atomic E-state index is 5.94. The molecule has 0 fully saturated rings. The van der Waals surface area contributed by atoms with Gasteiger partial charge in [0, 0.05) is 14.5 Å². The van der Waals surface area contributed by atoms with E-state index in [2.05, 4.69) is 15.9 Å². The lowest BCUT2D eigenvalue weighted by Crippen LogP contribution is -1.79. The second kappa shape index (κ2) is 4.56. The third-order valence-electron chi connectivity index (χ3n) is 2.07. The van der Waals surface area contributed by atoms with Gasteiger partial charge >= 0.3 is 0 Å². The maximum atomic E-state index is 5.94. The van der Waals surface area contributed by atoms with Gasteiger partial charge in [0.25, 0.3) is 0 Å². The zero-order valence-electron chi connectivity index (χ0n) is 7.68. The molecule has 3 heteroatoms. The van der Waals surface area contributed by atoms with Crippen molar-refractivity contribution < 1.29 is 0 Å². The number of halogens is 3. The maximum Gasteiger partial charge on any atom is 0.0417 e. The molecule has 0 spiro atoms. The van der Waals surface area contributed by atoms with E-state index in [0.717, 1.165) is 20.6 Å². The summed E-state index contributed by atoms with van der Waals surface area (Å²) in [7, 11) is 0. The van der Waals surface area contributed by atoms with Crippen molar-refractivity contribution in [2.24, 2.45) is 0 Å². The van der Waals surface area contributed by atoms with E-state index < -0.39 is 0 Å². The Morgan fingerprint density at radius 3 is 2.27 bits per heavy atom. The molecule has 15 heavy (non-hydrogen) atoms. The molecule has 0 N–H and O–H groups in total. The van der Waals surface area contributed by atoms with Crippen LogP contribution in [0.3, 0.4) is 0 Å². The molecule has 0 amide bonds. The molecule has 0 aliphatic carbocycles. The van der Waals surface area contributed by atoms with Crippen molar-refractivity contribution in [2.45, 2.75) is 0 Å². The molecule has 2 aromatic rings. The minimum absolute atomic E-state index is 0.715. The molecule has 0 nitrogen and oxygen atoms in total. The van der Waals surface area contributed by atoms with E-state index in [-0.39, 0.29) is 0 Å². The Bertz CT molecular complexity index is 495. The largest absolute Gasteiger partial charge is 0.0843 e. The Morgan fingerprint density at radius 1 is 0.867 bits per heavy atom. The molecule has 0 aliphatic heterocycles. The Kier molecular flexibility index (Phi) is 3.35. The highest BCUT2D eigenvalue weighted by molar-refractivity contribution is 9.10. The molecule has 2 rings (SSSR count). The van der Waals surface area contributed by atoms with Gasteiger partial charge in [0.2, 0.25) is 0 Å². The van der Waals surface area contributed by atoms with Gasteiger partial charge in [-0.15, -0.1) is 0 Å². The van der Waals surface area contributed by atoms with Gasteiger partial charge in [0.05, 0.1) is 0 Å². The molecule has 0 heterocycles. The standard InChI is InChI=1S/C12H7BrCl2/c13-12-7-10(15)4-5-11(12)8-2-1-3-9(14)6-8/h1-7H. The van der Waals surface area contributed by atoms with Crippen molar-refractivity contribution in [1.82, 2.24) is 0 Å². The molecule has 0 saturated heterocycles. The SMILES string of the molecule is Clc1cccc(-c2ccc(Cl)cc2Br)c1. The van der Waals surface area contributed by atoms with Crippen LogP contribution in [-0.2, 0) is 0 Å². The van der Waals surface area contributed by atoms with Crippen molar-refractivity contribution in [3.05, 3.63) is 57.0 Å². The molecular formula is C12H7BrCl2. The highest BCUT2D eigenvalue weighted by Crippen LogP contribution is 2.31. The van der Waals surface area contributed by atoms with Crippen molar-refractivity contribution >= 4 is 39.1 Å². The van der Waals surface area contributed by atoms with E-state index >= 15 is 0 Å². The first-order valence-electron chi connectivity index (χ1n) is 4.38. The number of rotatable bonds is 1. The van der Waals surface area contributed by atoms with Gasteiger partial charge in [-0.1, -0.05) is 57.3 Å². The van der Waals surface area contributed by atoms with Crippen LogP contribution in [0.2, 0.25) is 10.0 Å². The van der Waals surface area contributed by atoms with E-state index in [1.54, 1.807) is 0 Å². The van der Waals surface area contributed by atoms with Gasteiger partial charge in [0.1, 0.15) is 0 Å². The first kappa shape index (κ1) is 11.0. The van der Waals surface area contributed by atoms with Gasteiger partial charge in [-0.2, -0.15) is 0 Å². The lowest BCUT2D eigenvalue weighted by atomic mass is 10.1. The number of benzene rings is 2. The van der Waals surface area contributed by atoms with E-state index in [0.29, 0.717) is 5.02 Å². The van der Waals surface area contributed by atoms with Crippen molar-refractivity contribution in [3.8, 4) is 11.1 Å². The highest BCUT2D eigenvalue weighted by Gasteiger charge is 2.03. The first-order valence-corrected chi connectivity index (χ1v) is 5.93. The summed E-state index contributed by atoms with van der Waals surface area (Å²) in [6, 6.07) is 13.4. The fourth-order valence-electron chi connectivity index (χ4n) is 1.38. The zero-order chi connectivity index (χ0) is 10.8. The highest BCUT2D eigenvalue weighted by atomic mass is 79.9. The minimum Gasteiger partial charge on any atom is -0.0843 e. The van der Waals surface area contributed by atoms with Gasteiger partial charge < -0.3 is 0 Å². The third kappa shape index (κ3) is 2.54. The average molecular weight is 302 g/mol. The topological polar surface area (TPSA) is 0 Å². The molecule has 0 atom stereocenters. The van der Waals surface area contributed by atoms with E-state index in [1.807, 2.05) is 42.5 Å². The van der Waals surface area contributed by atoms with Crippen LogP contribution in [0.4, 0.5) is 0 Å². The summed E-state index contributed by atoms with van der Waals surface area (Å²) in [6.07, 6.45) is 0. The summed E-state index contributed by atoms with van der Waals surface area (Å²) in [4.78, 5) is 0. The molecule has 0 aliphatic rings. The van der Waals surface area contributed by atoms with Crippen LogP contribution in [0.1, 0.15) is 0 Å². The summed E-state index contributed by atoms with van der Waals surface area (Å²) < 4.78 is 0.970. The summed E-state index contributed by atoms with van der Waals surface area (Å²) in [5.74, 6) is 0. The Labute approximate surface area is 107 Å². The fraction of sp³-hybridized carbons (Fsp3) is 0. The van der Waals surface area contributed by atoms with Crippen molar-refractivity contribution in [3.63, 3.8) is 0 Å². The lowest BCUT2D eigenvalue weighted by Gasteiger charge is -2.05. The second-order valence-corrected chi connectivity index (χ2v) is 4.86. The van der Waals surface area contributed by atoms with E-state index in [1.165, 1.54) is 0 Å². The molecule has 0 bridgehead atoms. The van der Waals surface area contributed by atoms with Gasteiger partial charge in [-0.3, -0.25) is 0 Å². The van der Waals surface area contributed by atoms with Crippen LogP contribution < -0.4 is 0 Å². The van der Waals surface area contributed by atoms with E-state index in [9.17, 15) is 0 Å². The average Bonchev–Trinajstić information content (AvgIpc) is 2.17. The summed E-state index contributed by atoms with van der Waals surface area (Å²) >= 11 is 15.3. The summed E-state index contributed by atoms with van der Waals surface area (Å²) in [6.45, 7) is 0. The Morgan fingerprint density at radius 2 is 1.60 bits per heavy atom. The molecule has 2 aromatic carbocycles. The minimum atomic E-state index is 0.715. The van der Waals surface area contributed by atoms with Gasteiger partial charge in [-0.25, -0.2) is 0 Å². The third-order valence-corrected chi connectivity index (χ3v) is 3.19. The molecular weight excluding hydrogens is 295 g/mol. The normalized spacial score (nSPS) is 10.3. The molecule has 0 aromatic heterocycles. The summed E-state index contributed by atoms with van der Waals surface area (Å²) in [5, 5.41) is 1.45. The van der Waals surface area contributed by atoms with Crippen LogP contribution in [0.25, 0.3) is 11.1 Å². The van der Waals surface area contributed by atoms with Crippen LogP contribution in [0, 0.1) is 0 Å². The Balaban J connectivity index is 2.54. The quantitative estimate of drug-likeness (QED) is 0.659. The van der Waals surface area contributed by atoms with E-state index in [4.69, 9.17) is 23.2 Å². The Hall–Kier alpha value is -0.500. The number of hydrogen-bond acceptors (Lipinski definition) is 0. The predicted octanol–water partition coefficient (Wildman–Crippen LogP) is 5.42. The lowest BCUT2D eigenvalue weighted by molar-refractivity contribution is 1.58. The van der Waals surface area contributed by atoms with Crippen LogP contribution in [0.15, 0.2) is 46.9 Å². The van der Waals surface area contributed by atoms with Gasteiger partial charge in [-0.05, 0) is 35.4 Å². The van der Waals surface area contributed by atoms with Crippen molar-refractivity contribution in [2.75, 3.05) is 0 Å². The van der Waals surface area contributed by atoms with Crippen molar-refractivity contribution in [1.29, 1.82) is 0 Å². The number of hydrogen-bond donors (Lipinski definition) is 0. The molecule has 76 valence electrons. The molecule has 0 unspecified atom stereocenters. The van der Waals surface area contributed by atoms with Crippen LogP contribution in [-0.4, -0.2) is 0 Å². The molecule has 0 saturated carbocycles. The first-order chi connectivity index (χ1) is 7.16. The van der Waals surface area contributed by atoms with Gasteiger partial charge in [0.15, 0.2) is 0 Å². The summed E-state index contributed by atoms with van der Waals surface area (Å²) in [5.41, 5.74) is 2.16. The molecule has 0 radical (unpaired) electrons.